The molecule has 0 amide bonds. The van der Waals surface area contributed by atoms with Gasteiger partial charge in [-0.05, 0) is 19.1 Å². The highest BCUT2D eigenvalue weighted by molar-refractivity contribution is 5.81. The van der Waals surface area contributed by atoms with Gasteiger partial charge in [0.1, 0.15) is 0 Å². The van der Waals surface area contributed by atoms with Crippen LogP contribution in [0.2, 0.25) is 0 Å². The molecule has 0 aliphatic carbocycles. The Morgan fingerprint density at radius 3 is 2.56 bits per heavy atom. The number of benzene rings is 1. The van der Waals surface area contributed by atoms with Gasteiger partial charge in [-0.1, -0.05) is 12.1 Å². The minimum Gasteiger partial charge on any atom is -0.463 e. The molecule has 0 atom stereocenters. The predicted molar refractivity (Wildman–Crippen MR) is 57.3 cm³/mol. The Morgan fingerprint density at radius 1 is 1.38 bits per heavy atom. The van der Waals surface area contributed by atoms with Crippen molar-refractivity contribution in [1.82, 2.24) is 0 Å². The highest BCUT2D eigenvalue weighted by Gasteiger charge is 2.20. The van der Waals surface area contributed by atoms with E-state index in [0.717, 1.165) is 0 Å². The maximum atomic E-state index is 11.1. The Morgan fingerprint density at radius 2 is 2.00 bits per heavy atom. The molecular formula is C12H12O4. The van der Waals surface area contributed by atoms with Crippen LogP contribution in [0.1, 0.15) is 6.92 Å². The largest absolute Gasteiger partial charge is 0.463 e. The van der Waals surface area contributed by atoms with E-state index in [1.807, 2.05) is 24.3 Å². The van der Waals surface area contributed by atoms with Gasteiger partial charge in [0.05, 0.1) is 6.61 Å². The van der Waals surface area contributed by atoms with Crippen LogP contribution < -0.4 is 9.47 Å². The molecule has 16 heavy (non-hydrogen) atoms. The molecule has 4 nitrogen and oxygen atoms in total. The minimum absolute atomic E-state index is 0.357. The van der Waals surface area contributed by atoms with Crippen molar-refractivity contribution in [2.75, 3.05) is 6.61 Å². The van der Waals surface area contributed by atoms with E-state index >= 15 is 0 Å². The van der Waals surface area contributed by atoms with E-state index in [1.165, 1.54) is 12.2 Å². The van der Waals surface area contributed by atoms with E-state index in [1.54, 1.807) is 6.92 Å². The Hall–Kier alpha value is -1.97. The number of hydrogen-bond acceptors (Lipinski definition) is 4. The van der Waals surface area contributed by atoms with Gasteiger partial charge in [0.25, 0.3) is 6.29 Å². The highest BCUT2D eigenvalue weighted by Crippen LogP contribution is 2.34. The molecular weight excluding hydrogens is 208 g/mol. The maximum absolute atomic E-state index is 11.1. The van der Waals surface area contributed by atoms with E-state index in [-0.39, 0.29) is 0 Å². The molecule has 0 fully saturated rings. The molecule has 1 aliphatic heterocycles. The molecule has 0 saturated heterocycles. The van der Waals surface area contributed by atoms with Gasteiger partial charge in [0, 0.05) is 12.2 Å². The number of esters is 1. The molecule has 0 radical (unpaired) electrons. The van der Waals surface area contributed by atoms with Crippen LogP contribution in [-0.2, 0) is 9.53 Å². The van der Waals surface area contributed by atoms with Crippen molar-refractivity contribution in [2.24, 2.45) is 0 Å². The van der Waals surface area contributed by atoms with Crippen LogP contribution >= 0.6 is 0 Å². The fourth-order valence-electron chi connectivity index (χ4n) is 1.35. The molecule has 1 aromatic carbocycles. The van der Waals surface area contributed by atoms with E-state index in [4.69, 9.17) is 14.2 Å². The van der Waals surface area contributed by atoms with Crippen LogP contribution in [-0.4, -0.2) is 18.9 Å². The topological polar surface area (TPSA) is 44.8 Å². The van der Waals surface area contributed by atoms with Gasteiger partial charge in [-0.15, -0.1) is 0 Å². The average molecular weight is 220 g/mol. The third-order valence-corrected chi connectivity index (χ3v) is 2.01. The summed E-state index contributed by atoms with van der Waals surface area (Å²) >= 11 is 0. The number of hydrogen-bond donors (Lipinski definition) is 0. The first-order valence-corrected chi connectivity index (χ1v) is 5.07. The lowest BCUT2D eigenvalue weighted by atomic mass is 10.3. The lowest BCUT2D eigenvalue weighted by Gasteiger charge is -2.03. The van der Waals surface area contributed by atoms with Gasteiger partial charge >= 0.3 is 5.97 Å². The van der Waals surface area contributed by atoms with Crippen LogP contribution in [0.3, 0.4) is 0 Å². The summed E-state index contributed by atoms with van der Waals surface area (Å²) in [5, 5.41) is 0. The van der Waals surface area contributed by atoms with Gasteiger partial charge in [-0.25, -0.2) is 4.79 Å². The third kappa shape index (κ3) is 2.34. The van der Waals surface area contributed by atoms with E-state index in [2.05, 4.69) is 0 Å². The Balaban J connectivity index is 1.94. The number of rotatable bonds is 3. The van der Waals surface area contributed by atoms with Crippen LogP contribution in [0.5, 0.6) is 11.5 Å². The Kier molecular flexibility index (Phi) is 3.10. The van der Waals surface area contributed by atoms with Crippen LogP contribution in [0, 0.1) is 0 Å². The van der Waals surface area contributed by atoms with Gasteiger partial charge in [-0.2, -0.15) is 0 Å². The zero-order valence-electron chi connectivity index (χ0n) is 8.88. The molecule has 0 bridgehead atoms. The van der Waals surface area contributed by atoms with Crippen molar-refractivity contribution in [2.45, 2.75) is 13.2 Å². The van der Waals surface area contributed by atoms with Gasteiger partial charge in [0.15, 0.2) is 11.5 Å². The number of carbonyl (C=O) groups is 1. The fraction of sp³-hybridized carbons (Fsp3) is 0.250. The first-order chi connectivity index (χ1) is 7.79. The molecule has 1 aromatic rings. The summed E-state index contributed by atoms with van der Waals surface area (Å²) in [6, 6.07) is 7.35. The lowest BCUT2D eigenvalue weighted by molar-refractivity contribution is -0.137. The molecule has 2 rings (SSSR count). The SMILES string of the molecule is CCOC(=O)/C=C/C1Oc2ccccc2O1. The monoisotopic (exact) mass is 220 g/mol. The summed E-state index contributed by atoms with van der Waals surface area (Å²) in [5.74, 6) is 0.965. The standard InChI is InChI=1S/C12H12O4/c1-2-14-11(13)7-8-12-15-9-5-3-4-6-10(9)16-12/h3-8,12H,2H2,1H3/b8-7+. The number of fused-ring (bicyclic) bond motifs is 1. The Labute approximate surface area is 93.4 Å². The van der Waals surface area contributed by atoms with Gasteiger partial charge in [0.2, 0.25) is 0 Å². The van der Waals surface area contributed by atoms with Crippen molar-refractivity contribution in [1.29, 1.82) is 0 Å². The van der Waals surface area contributed by atoms with Crippen LogP contribution in [0.15, 0.2) is 36.4 Å². The molecule has 0 spiro atoms. The summed E-state index contributed by atoms with van der Waals surface area (Å²) < 4.78 is 15.6. The highest BCUT2D eigenvalue weighted by atomic mass is 16.7. The van der Waals surface area contributed by atoms with Crippen LogP contribution in [0.25, 0.3) is 0 Å². The van der Waals surface area contributed by atoms with E-state index in [9.17, 15) is 4.79 Å². The number of para-hydroxylation sites is 2. The van der Waals surface area contributed by atoms with Crippen molar-refractivity contribution < 1.29 is 19.0 Å². The van der Waals surface area contributed by atoms with Crippen molar-refractivity contribution >= 4 is 5.97 Å². The van der Waals surface area contributed by atoms with E-state index < -0.39 is 12.3 Å². The van der Waals surface area contributed by atoms with Crippen molar-refractivity contribution in [3.05, 3.63) is 36.4 Å². The third-order valence-electron chi connectivity index (χ3n) is 2.01. The summed E-state index contributed by atoms with van der Waals surface area (Å²) in [7, 11) is 0. The first kappa shape index (κ1) is 10.5. The summed E-state index contributed by atoms with van der Waals surface area (Å²) in [6.45, 7) is 2.11. The average Bonchev–Trinajstić information content (AvgIpc) is 2.69. The van der Waals surface area contributed by atoms with E-state index in [0.29, 0.717) is 18.1 Å². The van der Waals surface area contributed by atoms with Gasteiger partial charge in [-0.3, -0.25) is 0 Å². The molecule has 0 unspecified atom stereocenters. The number of ether oxygens (including phenoxy) is 3. The Bertz CT molecular complexity index is 386. The zero-order chi connectivity index (χ0) is 11.4. The molecule has 1 aliphatic rings. The van der Waals surface area contributed by atoms with Crippen LogP contribution in [0.4, 0.5) is 0 Å². The lowest BCUT2D eigenvalue weighted by Crippen LogP contribution is -2.15. The molecule has 0 aromatic heterocycles. The fourth-order valence-corrected chi connectivity index (χ4v) is 1.35. The first-order valence-electron chi connectivity index (χ1n) is 5.07. The molecule has 1 heterocycles. The van der Waals surface area contributed by atoms with Crippen molar-refractivity contribution in [3.63, 3.8) is 0 Å². The molecule has 84 valence electrons. The molecule has 0 saturated carbocycles. The minimum atomic E-state index is -0.554. The second-order valence-corrected chi connectivity index (χ2v) is 3.16. The van der Waals surface area contributed by atoms with Gasteiger partial charge < -0.3 is 14.2 Å². The zero-order valence-corrected chi connectivity index (χ0v) is 8.88. The number of carbonyl (C=O) groups excluding carboxylic acids is 1. The normalized spacial score (nSPS) is 14.3. The second kappa shape index (κ2) is 4.70. The molecule has 0 N–H and O–H groups in total. The predicted octanol–water partition coefficient (Wildman–Crippen LogP) is 1.90. The summed E-state index contributed by atoms with van der Waals surface area (Å²) in [4.78, 5) is 11.1. The quantitative estimate of drug-likeness (QED) is 0.576. The van der Waals surface area contributed by atoms with Crippen molar-refractivity contribution in [3.8, 4) is 11.5 Å². The summed E-state index contributed by atoms with van der Waals surface area (Å²) in [5.41, 5.74) is 0. The molecule has 4 heteroatoms. The smallest absolute Gasteiger partial charge is 0.330 e. The second-order valence-electron chi connectivity index (χ2n) is 3.16. The maximum Gasteiger partial charge on any atom is 0.330 e. The summed E-state index contributed by atoms with van der Waals surface area (Å²) in [6.07, 6.45) is 2.28.